The number of amides is 2. The number of nitrogens with zero attached hydrogens (tertiary/aromatic N) is 2. The lowest BCUT2D eigenvalue weighted by Gasteiger charge is -2.33. The number of aryl methyl sites for hydroxylation is 3. The average molecular weight is 444 g/mol. The van der Waals surface area contributed by atoms with Gasteiger partial charge in [-0.2, -0.15) is 0 Å². The van der Waals surface area contributed by atoms with Crippen molar-refractivity contribution >= 4 is 27.5 Å². The van der Waals surface area contributed by atoms with Crippen LogP contribution in [0.1, 0.15) is 29.5 Å². The molecule has 0 aromatic heterocycles. The Morgan fingerprint density at radius 1 is 1.00 bits per heavy atom. The van der Waals surface area contributed by atoms with E-state index in [1.807, 2.05) is 26.8 Å². The van der Waals surface area contributed by atoms with E-state index in [9.17, 15) is 18.0 Å². The van der Waals surface area contributed by atoms with Gasteiger partial charge in [-0.1, -0.05) is 23.8 Å². The minimum atomic E-state index is -3.95. The first-order valence-corrected chi connectivity index (χ1v) is 11.8. The largest absolute Gasteiger partial charge is 0.369 e. The highest BCUT2D eigenvalue weighted by Crippen LogP contribution is 2.27. The first kappa shape index (κ1) is 22.8. The summed E-state index contributed by atoms with van der Waals surface area (Å²) < 4.78 is 28.2. The van der Waals surface area contributed by atoms with E-state index in [0.29, 0.717) is 31.6 Å². The lowest BCUT2D eigenvalue weighted by molar-refractivity contribution is -0.133. The van der Waals surface area contributed by atoms with Crippen molar-refractivity contribution in [3.05, 3.63) is 59.2 Å². The van der Waals surface area contributed by atoms with E-state index < -0.39 is 10.0 Å². The Bertz CT molecular complexity index is 1070. The molecule has 31 heavy (non-hydrogen) atoms. The second-order valence-electron chi connectivity index (χ2n) is 8.15. The molecule has 7 nitrogen and oxygen atoms in total. The number of hydrogen-bond donors (Lipinski definition) is 1. The maximum atomic E-state index is 13.5. The number of sulfonamides is 1. The molecule has 0 spiro atoms. The molecule has 8 heteroatoms. The van der Waals surface area contributed by atoms with Crippen molar-refractivity contribution in [3.63, 3.8) is 0 Å². The minimum Gasteiger partial charge on any atom is -0.369 e. The van der Waals surface area contributed by atoms with E-state index in [-0.39, 0.29) is 29.2 Å². The molecule has 0 saturated carbocycles. The number of anilines is 1. The van der Waals surface area contributed by atoms with E-state index in [4.69, 9.17) is 5.73 Å². The monoisotopic (exact) mass is 443 g/mol. The number of hydrogen-bond acceptors (Lipinski definition) is 4. The number of rotatable bonds is 6. The molecule has 1 aliphatic rings. The Kier molecular flexibility index (Phi) is 6.69. The quantitative estimate of drug-likeness (QED) is 0.741. The summed E-state index contributed by atoms with van der Waals surface area (Å²) in [5.41, 5.74) is 8.75. The van der Waals surface area contributed by atoms with Crippen LogP contribution in [0, 0.1) is 26.7 Å². The third-order valence-corrected chi connectivity index (χ3v) is 7.70. The van der Waals surface area contributed by atoms with Crippen molar-refractivity contribution in [2.75, 3.05) is 23.9 Å². The van der Waals surface area contributed by atoms with E-state index >= 15 is 0 Å². The van der Waals surface area contributed by atoms with Crippen molar-refractivity contribution < 1.29 is 18.0 Å². The molecule has 0 atom stereocenters. The molecule has 2 aromatic carbocycles. The molecular weight excluding hydrogens is 414 g/mol. The number of carbonyl (C=O) groups is 2. The molecule has 1 fully saturated rings. The fourth-order valence-corrected chi connectivity index (χ4v) is 5.08. The van der Waals surface area contributed by atoms with Gasteiger partial charge >= 0.3 is 0 Å². The molecule has 2 amide bonds. The summed E-state index contributed by atoms with van der Waals surface area (Å²) in [6.07, 6.45) is 0.991. The topological polar surface area (TPSA) is 101 Å². The van der Waals surface area contributed by atoms with E-state index in [0.717, 1.165) is 16.7 Å². The highest BCUT2D eigenvalue weighted by molar-refractivity contribution is 7.92. The average Bonchev–Trinajstić information content (AvgIpc) is 2.74. The minimum absolute atomic E-state index is 0.136. The summed E-state index contributed by atoms with van der Waals surface area (Å²) in [6.45, 7) is 6.21. The second-order valence-corrected chi connectivity index (χ2v) is 10.0. The van der Waals surface area contributed by atoms with E-state index in [1.165, 1.54) is 4.31 Å². The number of likely N-dealkylation sites (tertiary alicyclic amines) is 1. The first-order valence-electron chi connectivity index (χ1n) is 10.3. The van der Waals surface area contributed by atoms with Crippen molar-refractivity contribution in [1.82, 2.24) is 4.90 Å². The second kappa shape index (κ2) is 9.09. The Labute approximate surface area is 183 Å². The maximum Gasteiger partial charge on any atom is 0.264 e. The predicted molar refractivity (Wildman–Crippen MR) is 120 cm³/mol. The number of carbonyl (C=O) groups excluding carboxylic acids is 2. The van der Waals surface area contributed by atoms with Gasteiger partial charge in [0.2, 0.25) is 11.8 Å². The summed E-state index contributed by atoms with van der Waals surface area (Å²) >= 11 is 0. The molecule has 0 aliphatic carbocycles. The third-order valence-electron chi connectivity index (χ3n) is 5.92. The third kappa shape index (κ3) is 5.07. The standard InChI is InChI=1S/C23H29N3O4S/c1-16-4-8-21(9-5-16)31(29,30)26(20-7-6-17(2)18(3)14-20)15-22(27)25-12-10-19(11-13-25)23(24)28/h4-9,14,19H,10-13,15H2,1-3H3,(H2,24,28). The van der Waals surface area contributed by atoms with Crippen LogP contribution in [0.25, 0.3) is 0 Å². The zero-order valence-corrected chi connectivity index (χ0v) is 19.0. The van der Waals surface area contributed by atoms with Crippen molar-refractivity contribution in [3.8, 4) is 0 Å². The molecule has 2 aromatic rings. The summed E-state index contributed by atoms with van der Waals surface area (Å²) in [4.78, 5) is 26.2. The van der Waals surface area contributed by atoms with Gasteiger partial charge in [0.15, 0.2) is 0 Å². The Hall–Kier alpha value is -2.87. The zero-order valence-electron chi connectivity index (χ0n) is 18.2. The normalized spacial score (nSPS) is 15.0. The van der Waals surface area contributed by atoms with Crippen LogP contribution in [0.15, 0.2) is 47.4 Å². The highest BCUT2D eigenvalue weighted by Gasteiger charge is 2.31. The molecule has 0 bridgehead atoms. The van der Waals surface area contributed by atoms with Crippen LogP contribution in [0.2, 0.25) is 0 Å². The molecule has 0 unspecified atom stereocenters. The lowest BCUT2D eigenvalue weighted by atomic mass is 9.96. The Morgan fingerprint density at radius 3 is 2.16 bits per heavy atom. The molecule has 3 rings (SSSR count). The number of nitrogens with two attached hydrogens (primary N) is 1. The summed E-state index contributed by atoms with van der Waals surface area (Å²) in [7, 11) is -3.95. The fourth-order valence-electron chi connectivity index (χ4n) is 3.67. The van der Waals surface area contributed by atoms with Gasteiger partial charge in [-0.3, -0.25) is 13.9 Å². The van der Waals surface area contributed by atoms with Gasteiger partial charge in [0, 0.05) is 19.0 Å². The molecule has 2 N–H and O–H groups in total. The first-order chi connectivity index (χ1) is 14.6. The number of benzene rings is 2. The van der Waals surface area contributed by atoms with Gasteiger partial charge in [0.1, 0.15) is 6.54 Å². The molecule has 0 radical (unpaired) electrons. The molecule has 1 saturated heterocycles. The van der Waals surface area contributed by atoms with Gasteiger partial charge in [0.05, 0.1) is 10.6 Å². The van der Waals surface area contributed by atoms with Crippen molar-refractivity contribution in [2.45, 2.75) is 38.5 Å². The van der Waals surface area contributed by atoms with Crippen LogP contribution in [0.3, 0.4) is 0 Å². The number of piperidine rings is 1. The Balaban J connectivity index is 1.91. The van der Waals surface area contributed by atoms with Gasteiger partial charge in [-0.25, -0.2) is 8.42 Å². The predicted octanol–water partition coefficient (Wildman–Crippen LogP) is 2.53. The highest BCUT2D eigenvalue weighted by atomic mass is 32.2. The zero-order chi connectivity index (χ0) is 22.8. The van der Waals surface area contributed by atoms with Crippen LogP contribution < -0.4 is 10.0 Å². The lowest BCUT2D eigenvalue weighted by Crippen LogP contribution is -2.47. The van der Waals surface area contributed by atoms with Gasteiger partial charge < -0.3 is 10.6 Å². The van der Waals surface area contributed by atoms with Crippen LogP contribution >= 0.6 is 0 Å². The summed E-state index contributed by atoms with van der Waals surface area (Å²) in [6, 6.07) is 12.0. The molecule has 1 aliphatic heterocycles. The van der Waals surface area contributed by atoms with Crippen molar-refractivity contribution in [1.29, 1.82) is 0 Å². The van der Waals surface area contributed by atoms with Gasteiger partial charge in [0.25, 0.3) is 10.0 Å². The molecule has 1 heterocycles. The van der Waals surface area contributed by atoms with E-state index in [2.05, 4.69) is 0 Å². The summed E-state index contributed by atoms with van der Waals surface area (Å²) in [5.74, 6) is -0.890. The fraction of sp³-hybridized carbons (Fsp3) is 0.391. The van der Waals surface area contributed by atoms with Crippen LogP contribution in [-0.2, 0) is 19.6 Å². The Morgan fingerprint density at radius 2 is 1.61 bits per heavy atom. The smallest absolute Gasteiger partial charge is 0.264 e. The van der Waals surface area contributed by atoms with Gasteiger partial charge in [-0.15, -0.1) is 0 Å². The number of primary amides is 1. The van der Waals surface area contributed by atoms with Crippen molar-refractivity contribution in [2.24, 2.45) is 11.7 Å². The SMILES string of the molecule is Cc1ccc(S(=O)(=O)N(CC(=O)N2CCC(C(N)=O)CC2)c2ccc(C)c(C)c2)cc1. The molecule has 166 valence electrons. The van der Waals surface area contributed by atoms with Crippen LogP contribution in [0.5, 0.6) is 0 Å². The van der Waals surface area contributed by atoms with Crippen LogP contribution in [0.4, 0.5) is 5.69 Å². The maximum absolute atomic E-state index is 13.5. The van der Waals surface area contributed by atoms with Crippen LogP contribution in [-0.4, -0.2) is 44.8 Å². The van der Waals surface area contributed by atoms with E-state index in [1.54, 1.807) is 41.3 Å². The molecular formula is C23H29N3O4S. The van der Waals surface area contributed by atoms with Gasteiger partial charge in [-0.05, 0) is 69.0 Å². The summed E-state index contributed by atoms with van der Waals surface area (Å²) in [5, 5.41) is 0.